The van der Waals surface area contributed by atoms with Crippen molar-refractivity contribution >= 4 is 34.2 Å². The first-order valence-corrected chi connectivity index (χ1v) is 13.2. The monoisotopic (exact) mass is 609 g/mol. The number of Topliss-reactive ketones (excluding diaryl/α,β-unsaturated/α-hetero) is 1. The van der Waals surface area contributed by atoms with Gasteiger partial charge in [-0.25, -0.2) is 14.4 Å². The molecule has 0 spiro atoms. The predicted octanol–water partition coefficient (Wildman–Crippen LogP) is 4.35. The molecule has 1 fully saturated rings. The van der Waals surface area contributed by atoms with Gasteiger partial charge in [0, 0.05) is 36.7 Å². The molecule has 0 radical (unpaired) electrons. The standard InChI is InChI=1S/C29H23F4N7O4/c1-15(41)27-20-8-17(18-11-35-16(2)36-12-18)6-7-23(20)40(38-27)14-26(42)39-13-19(30)9-24(39)28(43)37-22-4-3-5-25(21(22)10-34)44-29(31,32)33/h3-8,11-12,19,24H,9,13-14H2,1-2H3,(H,37,43)/t19-,24+/m1/s1. The molecule has 0 aliphatic carbocycles. The molecule has 0 saturated carbocycles. The predicted molar refractivity (Wildman–Crippen MR) is 147 cm³/mol. The van der Waals surface area contributed by atoms with Crippen molar-refractivity contribution in [2.24, 2.45) is 0 Å². The first-order valence-electron chi connectivity index (χ1n) is 13.2. The van der Waals surface area contributed by atoms with E-state index in [2.05, 4.69) is 25.1 Å². The smallest absolute Gasteiger partial charge is 0.404 e. The van der Waals surface area contributed by atoms with Gasteiger partial charge in [-0.2, -0.15) is 10.4 Å². The van der Waals surface area contributed by atoms with Gasteiger partial charge in [-0.1, -0.05) is 12.1 Å². The molecule has 1 saturated heterocycles. The lowest BCUT2D eigenvalue weighted by molar-refractivity contribution is -0.274. The van der Waals surface area contributed by atoms with E-state index in [9.17, 15) is 37.2 Å². The minimum absolute atomic E-state index is 0.103. The highest BCUT2D eigenvalue weighted by atomic mass is 19.4. The topological polar surface area (TPSA) is 143 Å². The number of ether oxygens (including phenoxy) is 1. The van der Waals surface area contributed by atoms with Gasteiger partial charge in [0.1, 0.15) is 47.7 Å². The number of nitriles is 1. The van der Waals surface area contributed by atoms with E-state index in [1.54, 1.807) is 43.6 Å². The fourth-order valence-corrected chi connectivity index (χ4v) is 4.99. The zero-order valence-corrected chi connectivity index (χ0v) is 23.2. The van der Waals surface area contributed by atoms with Crippen LogP contribution in [0, 0.1) is 18.3 Å². The van der Waals surface area contributed by atoms with Crippen LogP contribution < -0.4 is 10.1 Å². The van der Waals surface area contributed by atoms with Gasteiger partial charge in [0.2, 0.25) is 11.8 Å². The first-order chi connectivity index (χ1) is 20.8. The van der Waals surface area contributed by atoms with Crippen molar-refractivity contribution in [3.05, 3.63) is 65.9 Å². The van der Waals surface area contributed by atoms with Gasteiger partial charge in [-0.3, -0.25) is 19.1 Å². The molecule has 0 unspecified atom stereocenters. The second-order valence-electron chi connectivity index (χ2n) is 10.0. The van der Waals surface area contributed by atoms with Gasteiger partial charge in [0.05, 0.1) is 17.7 Å². The van der Waals surface area contributed by atoms with Crippen LogP contribution in [0.1, 0.15) is 35.2 Å². The Kier molecular flexibility index (Phi) is 8.01. The number of aryl methyl sites for hydroxylation is 1. The first kappa shape index (κ1) is 30.1. The maximum atomic E-state index is 14.6. The maximum absolute atomic E-state index is 14.6. The number of hydrogen-bond acceptors (Lipinski definition) is 8. The fourth-order valence-electron chi connectivity index (χ4n) is 4.99. The van der Waals surface area contributed by atoms with E-state index < -0.39 is 54.8 Å². The highest BCUT2D eigenvalue weighted by Gasteiger charge is 2.40. The Morgan fingerprint density at radius 1 is 1.14 bits per heavy atom. The fraction of sp³-hybridized carbons (Fsp3) is 0.276. The second-order valence-corrected chi connectivity index (χ2v) is 10.0. The zero-order valence-electron chi connectivity index (χ0n) is 23.2. The van der Waals surface area contributed by atoms with E-state index in [4.69, 9.17) is 0 Å². The molecule has 44 heavy (non-hydrogen) atoms. The zero-order chi connectivity index (χ0) is 31.8. The summed E-state index contributed by atoms with van der Waals surface area (Å²) in [6.07, 6.45) is -3.75. The van der Waals surface area contributed by atoms with Gasteiger partial charge in [-0.05, 0) is 36.8 Å². The number of nitrogens with one attached hydrogen (secondary N) is 1. The summed E-state index contributed by atoms with van der Waals surface area (Å²) in [5.74, 6) is -2.19. The van der Waals surface area contributed by atoms with Crippen molar-refractivity contribution in [1.82, 2.24) is 24.6 Å². The summed E-state index contributed by atoms with van der Waals surface area (Å²) in [6, 6.07) is 8.60. The van der Waals surface area contributed by atoms with Crippen molar-refractivity contribution in [1.29, 1.82) is 5.26 Å². The maximum Gasteiger partial charge on any atom is 0.573 e. The van der Waals surface area contributed by atoms with E-state index in [0.717, 1.165) is 17.0 Å². The average molecular weight is 610 g/mol. The second kappa shape index (κ2) is 11.7. The summed E-state index contributed by atoms with van der Waals surface area (Å²) in [6.45, 7) is 2.21. The van der Waals surface area contributed by atoms with Crippen LogP contribution >= 0.6 is 0 Å². The summed E-state index contributed by atoms with van der Waals surface area (Å²) in [7, 11) is 0. The molecule has 226 valence electrons. The third-order valence-corrected chi connectivity index (χ3v) is 6.98. The molecule has 11 nitrogen and oxygen atoms in total. The number of carbonyl (C=O) groups is 3. The quantitative estimate of drug-likeness (QED) is 0.241. The van der Waals surface area contributed by atoms with Crippen LogP contribution in [0.3, 0.4) is 0 Å². The number of benzene rings is 2. The molecule has 3 heterocycles. The number of likely N-dealkylation sites (tertiary alicyclic amines) is 1. The molecular formula is C29H23F4N7O4. The Hall–Kier alpha value is -5.39. The van der Waals surface area contributed by atoms with Crippen LogP contribution in [0.25, 0.3) is 22.0 Å². The van der Waals surface area contributed by atoms with E-state index in [1.807, 2.05) is 0 Å². The number of carbonyl (C=O) groups excluding carboxylic acids is 3. The number of rotatable bonds is 7. The Balaban J connectivity index is 1.39. The van der Waals surface area contributed by atoms with Crippen LogP contribution in [0.4, 0.5) is 23.2 Å². The van der Waals surface area contributed by atoms with E-state index in [0.29, 0.717) is 27.9 Å². The van der Waals surface area contributed by atoms with Crippen LogP contribution in [0.5, 0.6) is 5.75 Å². The van der Waals surface area contributed by atoms with Crippen molar-refractivity contribution in [2.75, 3.05) is 11.9 Å². The number of fused-ring (bicyclic) bond motifs is 1. The summed E-state index contributed by atoms with van der Waals surface area (Å²) in [4.78, 5) is 48.4. The number of aromatic nitrogens is 4. The molecule has 5 rings (SSSR count). The van der Waals surface area contributed by atoms with Gasteiger partial charge in [-0.15, -0.1) is 13.2 Å². The van der Waals surface area contributed by atoms with E-state index >= 15 is 0 Å². The molecule has 4 aromatic rings. The number of nitrogens with zero attached hydrogens (tertiary/aromatic N) is 6. The highest BCUT2D eigenvalue weighted by molar-refractivity contribution is 6.06. The van der Waals surface area contributed by atoms with Crippen molar-refractivity contribution in [3.8, 4) is 22.9 Å². The Morgan fingerprint density at radius 2 is 1.86 bits per heavy atom. The van der Waals surface area contributed by atoms with Crippen LogP contribution in [-0.2, 0) is 16.1 Å². The lowest BCUT2D eigenvalue weighted by Gasteiger charge is -2.24. The largest absolute Gasteiger partial charge is 0.573 e. The number of amides is 2. The summed E-state index contributed by atoms with van der Waals surface area (Å²) < 4.78 is 58.1. The number of anilines is 1. The molecule has 2 aromatic heterocycles. The SMILES string of the molecule is CC(=O)c1nn(CC(=O)N2C[C@H](F)C[C@H]2C(=O)Nc2cccc(OC(F)(F)F)c2C#N)c2ccc(-c3cnc(C)nc3)cc12. The van der Waals surface area contributed by atoms with Gasteiger partial charge in [0.25, 0.3) is 0 Å². The van der Waals surface area contributed by atoms with Crippen molar-refractivity contribution in [2.45, 2.75) is 45.4 Å². The summed E-state index contributed by atoms with van der Waals surface area (Å²) in [5.41, 5.74) is 1.06. The minimum atomic E-state index is -5.08. The Bertz CT molecular complexity index is 1820. The molecule has 1 aliphatic heterocycles. The number of halogens is 4. The molecule has 2 atom stereocenters. The van der Waals surface area contributed by atoms with E-state index in [1.165, 1.54) is 17.7 Å². The van der Waals surface area contributed by atoms with Gasteiger partial charge < -0.3 is 15.0 Å². The van der Waals surface area contributed by atoms with Gasteiger partial charge >= 0.3 is 6.36 Å². The Labute approximate surface area is 247 Å². The average Bonchev–Trinajstić information content (AvgIpc) is 3.53. The highest BCUT2D eigenvalue weighted by Crippen LogP contribution is 2.32. The summed E-state index contributed by atoms with van der Waals surface area (Å²) >= 11 is 0. The van der Waals surface area contributed by atoms with Gasteiger partial charge in [0.15, 0.2) is 5.78 Å². The van der Waals surface area contributed by atoms with Crippen LogP contribution in [0.2, 0.25) is 0 Å². The molecule has 2 amide bonds. The van der Waals surface area contributed by atoms with Crippen LogP contribution in [0.15, 0.2) is 48.8 Å². The minimum Gasteiger partial charge on any atom is -0.404 e. The molecular weight excluding hydrogens is 586 g/mol. The third-order valence-electron chi connectivity index (χ3n) is 6.98. The normalized spacial score (nSPS) is 16.5. The molecule has 2 aromatic carbocycles. The molecule has 0 bridgehead atoms. The molecule has 1 aliphatic rings. The lowest BCUT2D eigenvalue weighted by atomic mass is 10.0. The number of hydrogen-bond donors (Lipinski definition) is 1. The number of alkyl halides is 4. The van der Waals surface area contributed by atoms with Crippen molar-refractivity contribution in [3.63, 3.8) is 0 Å². The lowest BCUT2D eigenvalue weighted by Crippen LogP contribution is -2.44. The summed E-state index contributed by atoms with van der Waals surface area (Å²) in [5, 5.41) is 16.5. The Morgan fingerprint density at radius 3 is 2.52 bits per heavy atom. The molecule has 15 heteroatoms. The number of ketones is 1. The molecule has 1 N–H and O–H groups in total. The van der Waals surface area contributed by atoms with E-state index in [-0.39, 0.29) is 23.6 Å². The van der Waals surface area contributed by atoms with Crippen molar-refractivity contribution < 1.29 is 36.7 Å². The third kappa shape index (κ3) is 6.19. The van der Waals surface area contributed by atoms with Crippen LogP contribution in [-0.4, -0.2) is 67.4 Å².